The predicted octanol–water partition coefficient (Wildman–Crippen LogP) is 3.66. The van der Waals surface area contributed by atoms with Crippen LogP contribution in [0.15, 0.2) is 48.5 Å². The highest BCUT2D eigenvalue weighted by Crippen LogP contribution is 2.25. The second-order valence-electron chi connectivity index (χ2n) is 3.75. The first-order valence-electron chi connectivity index (χ1n) is 5.12. The molecule has 0 aliphatic heterocycles. The van der Waals surface area contributed by atoms with Crippen LogP contribution in [0.2, 0.25) is 0 Å². The Hall–Kier alpha value is -2.33. The third-order valence-corrected chi connectivity index (χ3v) is 2.78. The smallest absolute Gasteiger partial charge is 0.0991 e. The zero-order valence-electron chi connectivity index (χ0n) is 8.57. The highest BCUT2D eigenvalue weighted by molar-refractivity contribution is 6.07. The van der Waals surface area contributed by atoms with Crippen molar-refractivity contribution in [3.05, 3.63) is 60.2 Å². The Kier molecular flexibility index (Phi) is 1.88. The van der Waals surface area contributed by atoms with Gasteiger partial charge >= 0.3 is 0 Å². The van der Waals surface area contributed by atoms with Gasteiger partial charge in [0.25, 0.3) is 0 Å². The molecular formula is C15H8N. The van der Waals surface area contributed by atoms with Crippen molar-refractivity contribution in [2.75, 3.05) is 0 Å². The number of nitrogens with zero attached hydrogens (tertiary/aromatic N) is 1. The van der Waals surface area contributed by atoms with Gasteiger partial charge in [-0.2, -0.15) is 5.26 Å². The van der Waals surface area contributed by atoms with Crippen molar-refractivity contribution in [2.24, 2.45) is 0 Å². The third-order valence-electron chi connectivity index (χ3n) is 2.78. The van der Waals surface area contributed by atoms with Crippen LogP contribution in [0.4, 0.5) is 0 Å². The average molecular weight is 202 g/mol. The van der Waals surface area contributed by atoms with Gasteiger partial charge in [-0.25, -0.2) is 0 Å². The molecule has 3 rings (SSSR count). The molecule has 1 radical (unpaired) electrons. The van der Waals surface area contributed by atoms with Gasteiger partial charge < -0.3 is 0 Å². The molecule has 0 spiro atoms. The Morgan fingerprint density at radius 3 is 2.75 bits per heavy atom. The van der Waals surface area contributed by atoms with E-state index in [9.17, 15) is 0 Å². The molecule has 3 aromatic rings. The fraction of sp³-hybridized carbons (Fsp3) is 0. The molecule has 0 amide bonds. The Morgan fingerprint density at radius 1 is 1.00 bits per heavy atom. The van der Waals surface area contributed by atoms with E-state index in [-0.39, 0.29) is 0 Å². The molecule has 0 atom stereocenters. The zero-order chi connectivity index (χ0) is 11.0. The van der Waals surface area contributed by atoms with Crippen LogP contribution in [0.5, 0.6) is 0 Å². The first kappa shape index (κ1) is 8.94. The summed E-state index contributed by atoms with van der Waals surface area (Å²) in [5.74, 6) is 0. The summed E-state index contributed by atoms with van der Waals surface area (Å²) in [5, 5.41) is 13.4. The molecule has 0 unspecified atom stereocenters. The number of hydrogen-bond acceptors (Lipinski definition) is 1. The maximum Gasteiger partial charge on any atom is 0.0991 e. The van der Waals surface area contributed by atoms with E-state index in [1.54, 1.807) is 0 Å². The van der Waals surface area contributed by atoms with Gasteiger partial charge in [0.1, 0.15) is 0 Å². The van der Waals surface area contributed by atoms with Gasteiger partial charge in [-0.15, -0.1) is 0 Å². The summed E-state index contributed by atoms with van der Waals surface area (Å²) < 4.78 is 0. The van der Waals surface area contributed by atoms with Gasteiger partial charge in [-0.1, -0.05) is 30.3 Å². The van der Waals surface area contributed by atoms with Crippen molar-refractivity contribution in [1.29, 1.82) is 5.26 Å². The zero-order valence-corrected chi connectivity index (χ0v) is 8.57. The van der Waals surface area contributed by atoms with Crippen molar-refractivity contribution in [1.82, 2.24) is 0 Å². The summed E-state index contributed by atoms with van der Waals surface area (Å²) in [4.78, 5) is 0. The maximum atomic E-state index is 8.91. The molecule has 0 bridgehead atoms. The molecule has 0 N–H and O–H groups in total. The fourth-order valence-electron chi connectivity index (χ4n) is 1.98. The molecule has 0 heterocycles. The molecular weight excluding hydrogens is 194 g/mol. The van der Waals surface area contributed by atoms with E-state index in [4.69, 9.17) is 5.26 Å². The monoisotopic (exact) mass is 202 g/mol. The lowest BCUT2D eigenvalue weighted by Crippen LogP contribution is -1.79. The van der Waals surface area contributed by atoms with Gasteiger partial charge in [0.15, 0.2) is 0 Å². The molecule has 16 heavy (non-hydrogen) atoms. The second-order valence-corrected chi connectivity index (χ2v) is 3.75. The van der Waals surface area contributed by atoms with E-state index in [0.717, 1.165) is 21.5 Å². The third kappa shape index (κ3) is 1.24. The largest absolute Gasteiger partial charge is 0.192 e. The van der Waals surface area contributed by atoms with E-state index < -0.39 is 0 Å². The molecule has 0 aliphatic rings. The Labute approximate surface area is 93.6 Å². The van der Waals surface area contributed by atoms with Crippen molar-refractivity contribution in [2.45, 2.75) is 0 Å². The summed E-state index contributed by atoms with van der Waals surface area (Å²) in [6.07, 6.45) is 0. The maximum absolute atomic E-state index is 8.91. The first-order chi connectivity index (χ1) is 7.88. The standard InChI is InChI=1S/C15H8N/c16-10-11-5-6-13-8-7-12-3-1-2-4-14(12)15(13)9-11/h1-6,8-9H. The van der Waals surface area contributed by atoms with Crippen LogP contribution in [0, 0.1) is 17.4 Å². The topological polar surface area (TPSA) is 23.8 Å². The van der Waals surface area contributed by atoms with Crippen LogP contribution >= 0.6 is 0 Å². The van der Waals surface area contributed by atoms with Gasteiger partial charge in [-0.05, 0) is 45.8 Å². The number of benzene rings is 3. The van der Waals surface area contributed by atoms with Gasteiger partial charge in [0, 0.05) is 0 Å². The van der Waals surface area contributed by atoms with Crippen molar-refractivity contribution in [3.8, 4) is 6.07 Å². The first-order valence-corrected chi connectivity index (χ1v) is 5.12. The molecule has 1 nitrogen and oxygen atoms in total. The SMILES string of the molecule is N#Cc1ccc2c[c]c3ccccc3c2c1. The molecule has 3 aromatic carbocycles. The number of nitriles is 1. The number of fused-ring (bicyclic) bond motifs is 3. The average Bonchev–Trinajstić information content (AvgIpc) is 2.38. The molecule has 0 aliphatic carbocycles. The Morgan fingerprint density at radius 2 is 1.88 bits per heavy atom. The summed E-state index contributed by atoms with van der Waals surface area (Å²) >= 11 is 0. The highest BCUT2D eigenvalue weighted by atomic mass is 14.2. The Balaban J connectivity index is 2.53. The van der Waals surface area contributed by atoms with Crippen LogP contribution in [0.1, 0.15) is 5.56 Å². The molecule has 0 fully saturated rings. The van der Waals surface area contributed by atoms with Crippen LogP contribution in [0.25, 0.3) is 21.5 Å². The predicted molar refractivity (Wildman–Crippen MR) is 65.0 cm³/mol. The van der Waals surface area contributed by atoms with Crippen molar-refractivity contribution >= 4 is 21.5 Å². The molecule has 0 aromatic heterocycles. The van der Waals surface area contributed by atoms with Crippen LogP contribution in [-0.2, 0) is 0 Å². The number of hydrogen-bond donors (Lipinski definition) is 0. The van der Waals surface area contributed by atoms with Crippen molar-refractivity contribution < 1.29 is 0 Å². The van der Waals surface area contributed by atoms with Crippen LogP contribution < -0.4 is 0 Å². The highest BCUT2D eigenvalue weighted by Gasteiger charge is 2.00. The summed E-state index contributed by atoms with van der Waals surface area (Å²) in [6, 6.07) is 21.2. The van der Waals surface area contributed by atoms with E-state index in [1.807, 2.05) is 42.5 Å². The van der Waals surface area contributed by atoms with E-state index >= 15 is 0 Å². The summed E-state index contributed by atoms with van der Waals surface area (Å²) in [5.41, 5.74) is 0.698. The number of rotatable bonds is 0. The lowest BCUT2D eigenvalue weighted by Gasteiger charge is -2.03. The lowest BCUT2D eigenvalue weighted by atomic mass is 10.0. The van der Waals surface area contributed by atoms with E-state index in [0.29, 0.717) is 5.56 Å². The van der Waals surface area contributed by atoms with Crippen LogP contribution in [0.3, 0.4) is 0 Å². The van der Waals surface area contributed by atoms with E-state index in [1.165, 1.54) is 0 Å². The second kappa shape index (κ2) is 3.36. The quantitative estimate of drug-likeness (QED) is 0.510. The minimum absolute atomic E-state index is 0.698. The molecule has 73 valence electrons. The minimum atomic E-state index is 0.698. The normalized spacial score (nSPS) is 10.4. The molecule has 0 saturated heterocycles. The molecule has 1 heteroatoms. The van der Waals surface area contributed by atoms with Crippen LogP contribution in [-0.4, -0.2) is 0 Å². The van der Waals surface area contributed by atoms with E-state index in [2.05, 4.69) is 18.2 Å². The van der Waals surface area contributed by atoms with Gasteiger partial charge in [0.05, 0.1) is 11.6 Å². The molecule has 0 saturated carbocycles. The summed E-state index contributed by atoms with van der Waals surface area (Å²) in [7, 11) is 0. The van der Waals surface area contributed by atoms with Crippen molar-refractivity contribution in [3.63, 3.8) is 0 Å². The van der Waals surface area contributed by atoms with Gasteiger partial charge in [-0.3, -0.25) is 0 Å². The van der Waals surface area contributed by atoms with Gasteiger partial charge in [0.2, 0.25) is 0 Å². The summed E-state index contributed by atoms with van der Waals surface area (Å²) in [6.45, 7) is 0. The minimum Gasteiger partial charge on any atom is -0.192 e. The Bertz CT molecular complexity index is 720. The lowest BCUT2D eigenvalue weighted by molar-refractivity contribution is 1.50. The fourth-order valence-corrected chi connectivity index (χ4v) is 1.98.